The maximum Gasteiger partial charge on any atom is 0.0920 e. The Kier molecular flexibility index (Phi) is 16.2. The summed E-state index contributed by atoms with van der Waals surface area (Å²) in [6.45, 7) is 13.6. The summed E-state index contributed by atoms with van der Waals surface area (Å²) < 4.78 is 0. The van der Waals surface area contributed by atoms with Gasteiger partial charge in [-0.3, -0.25) is 0 Å². The predicted octanol–water partition coefficient (Wildman–Crippen LogP) is 15.1. The zero-order valence-electron chi connectivity index (χ0n) is 34.7. The molecule has 1 heterocycles. The molecule has 2 radical (unpaired) electrons. The van der Waals surface area contributed by atoms with Crippen LogP contribution in [-0.4, -0.2) is 9.52 Å². The van der Waals surface area contributed by atoms with Crippen molar-refractivity contribution in [2.75, 3.05) is 0 Å². The number of hydrogen-bond acceptors (Lipinski definition) is 0. The molecule has 9 rings (SSSR count). The smallest absolute Gasteiger partial charge is 0.0920 e. The minimum absolute atomic E-state index is 0.536. The second-order valence-corrected chi connectivity index (χ2v) is 20.6. The first kappa shape index (κ1) is 43.8. The fourth-order valence-electron chi connectivity index (χ4n) is 8.13. The number of aryl methyl sites for hydroxylation is 2. The molecule has 1 aliphatic rings. The molecule has 0 spiro atoms. The average Bonchev–Trinajstić information content (AvgIpc) is 3.96. The van der Waals surface area contributed by atoms with Crippen molar-refractivity contribution >= 4 is 58.5 Å². The number of halogens is 2. The summed E-state index contributed by atoms with van der Waals surface area (Å²) in [4.78, 5) is 0. The normalized spacial score (nSPS) is 11.3. The summed E-state index contributed by atoms with van der Waals surface area (Å²) >= 11 is -0.826. The fraction of sp³-hybridized carbons (Fsp3) is 0.222. The van der Waals surface area contributed by atoms with E-state index < -0.39 is 20.8 Å². The van der Waals surface area contributed by atoms with E-state index in [1.165, 1.54) is 113 Å². The number of fused-ring (bicyclic) bond motifs is 5. The molecular formula is C54H53Cl2SiZr-3. The molecule has 0 amide bonds. The Morgan fingerprint density at radius 2 is 1.02 bits per heavy atom. The zero-order chi connectivity index (χ0) is 41.0. The summed E-state index contributed by atoms with van der Waals surface area (Å²) in [5.41, 5.74) is 14.1. The van der Waals surface area contributed by atoms with Crippen molar-refractivity contribution in [3.05, 3.63) is 180 Å². The minimum atomic E-state index is -0.826. The molecule has 0 fully saturated rings. The van der Waals surface area contributed by atoms with Crippen molar-refractivity contribution in [2.45, 2.75) is 79.1 Å². The van der Waals surface area contributed by atoms with E-state index >= 15 is 0 Å². The second kappa shape index (κ2) is 21.5. The zero-order valence-corrected chi connectivity index (χ0v) is 39.6. The summed E-state index contributed by atoms with van der Waals surface area (Å²) in [5, 5.41) is 8.40. The van der Waals surface area contributed by atoms with Crippen LogP contribution in [0.3, 0.4) is 0 Å². The third-order valence-corrected chi connectivity index (χ3v) is 12.1. The van der Waals surface area contributed by atoms with Crippen LogP contribution in [0, 0.1) is 6.07 Å². The van der Waals surface area contributed by atoms with Gasteiger partial charge >= 0.3 is 37.9 Å². The number of benzene rings is 6. The van der Waals surface area contributed by atoms with Gasteiger partial charge in [-0.05, 0) is 35.8 Å². The molecule has 8 aromatic rings. The van der Waals surface area contributed by atoms with Crippen LogP contribution in [0.25, 0.3) is 54.9 Å². The Morgan fingerprint density at radius 3 is 1.48 bits per heavy atom. The monoisotopic (exact) mass is 889 g/mol. The summed E-state index contributed by atoms with van der Waals surface area (Å²) in [6.07, 6.45) is 4.74. The molecule has 0 unspecified atom stereocenters. The molecule has 0 saturated carbocycles. The van der Waals surface area contributed by atoms with E-state index in [0.717, 1.165) is 9.52 Å². The van der Waals surface area contributed by atoms with Crippen molar-refractivity contribution in [1.29, 1.82) is 0 Å². The summed E-state index contributed by atoms with van der Waals surface area (Å²) in [6, 6.07) is 58.5. The van der Waals surface area contributed by atoms with Gasteiger partial charge in [0.1, 0.15) is 0 Å². The standard InChI is InChI=1S/2C21H23.C12H7Si.2ClH.Zr/c2*1-4-8-16-13-18-11-12-19(15(2)3)21(20(18)14-16)17-9-6-5-7-10-17;1-3-7-11-9(5-1)10-6-2-4-8-12(10)13-11;;;/h2*5-7,9-15H,4,8H2,1-3H3;1-7H;2*1H;/q3*-1;;;+2/p-2. The first-order valence-corrected chi connectivity index (χ1v) is 28.0. The van der Waals surface area contributed by atoms with Gasteiger partial charge in [0.2, 0.25) is 0 Å². The molecule has 0 aromatic heterocycles. The predicted molar refractivity (Wildman–Crippen MR) is 254 cm³/mol. The maximum absolute atomic E-state index is 4.93. The SMILES string of the molecule is CCCc1cc2c(-c3ccccc3)c(C(C)C)ccc2[cH-]1.CCCc1cc2c(-c3ccccc3)c(C(C)C)ccc2[cH-]1.[Cl][Zr][Cl].[c-]1cccc2c1[Si]c1ccccc1-2. The third kappa shape index (κ3) is 10.5. The van der Waals surface area contributed by atoms with Crippen LogP contribution in [0.15, 0.2) is 152 Å². The largest absolute Gasteiger partial charge is 0.184 e. The van der Waals surface area contributed by atoms with Crippen LogP contribution in [-0.2, 0) is 33.7 Å². The van der Waals surface area contributed by atoms with E-state index in [9.17, 15) is 0 Å². The first-order chi connectivity index (χ1) is 28.3. The van der Waals surface area contributed by atoms with Gasteiger partial charge in [0.25, 0.3) is 0 Å². The van der Waals surface area contributed by atoms with Crippen LogP contribution in [0.1, 0.15) is 88.5 Å². The molecule has 294 valence electrons. The van der Waals surface area contributed by atoms with Crippen LogP contribution in [0.2, 0.25) is 0 Å². The number of rotatable bonds is 8. The van der Waals surface area contributed by atoms with Gasteiger partial charge < -0.3 is 0 Å². The quantitative estimate of drug-likeness (QED) is 0.105. The molecule has 0 N–H and O–H groups in total. The van der Waals surface area contributed by atoms with E-state index in [0.29, 0.717) is 11.8 Å². The van der Waals surface area contributed by atoms with E-state index in [1.807, 2.05) is 6.07 Å². The molecule has 0 atom stereocenters. The molecule has 0 saturated heterocycles. The molecule has 0 nitrogen and oxygen atoms in total. The Hall–Kier alpha value is -3.78. The fourth-order valence-corrected chi connectivity index (χ4v) is 9.44. The molecule has 0 bridgehead atoms. The van der Waals surface area contributed by atoms with Crippen LogP contribution in [0.5, 0.6) is 0 Å². The van der Waals surface area contributed by atoms with Gasteiger partial charge in [-0.2, -0.15) is 41.6 Å². The minimum Gasteiger partial charge on any atom is -0.184 e. The third-order valence-electron chi connectivity index (χ3n) is 10.7. The molecule has 0 aliphatic carbocycles. The van der Waals surface area contributed by atoms with Crippen molar-refractivity contribution in [2.24, 2.45) is 0 Å². The van der Waals surface area contributed by atoms with E-state index in [2.05, 4.69) is 193 Å². The molecule has 8 aromatic carbocycles. The van der Waals surface area contributed by atoms with Crippen LogP contribution in [0.4, 0.5) is 0 Å². The average molecular weight is 892 g/mol. The molecular weight excluding hydrogens is 839 g/mol. The van der Waals surface area contributed by atoms with Crippen molar-refractivity contribution in [3.63, 3.8) is 0 Å². The van der Waals surface area contributed by atoms with Crippen LogP contribution < -0.4 is 10.4 Å². The van der Waals surface area contributed by atoms with E-state index in [1.54, 1.807) is 0 Å². The molecule has 1 aliphatic heterocycles. The topological polar surface area (TPSA) is 0 Å². The Labute approximate surface area is 368 Å². The summed E-state index contributed by atoms with van der Waals surface area (Å²) in [5.74, 6) is 1.07. The van der Waals surface area contributed by atoms with Crippen molar-refractivity contribution < 1.29 is 20.8 Å². The van der Waals surface area contributed by atoms with Gasteiger partial charge in [0.15, 0.2) is 0 Å². The Bertz CT molecular complexity index is 2330. The Balaban J connectivity index is 0.000000145. The van der Waals surface area contributed by atoms with E-state index in [-0.39, 0.29) is 0 Å². The van der Waals surface area contributed by atoms with Gasteiger partial charge in [-0.15, -0.1) is 74.6 Å². The van der Waals surface area contributed by atoms with Crippen LogP contribution >= 0.6 is 17.0 Å². The van der Waals surface area contributed by atoms with E-state index in [4.69, 9.17) is 17.0 Å². The first-order valence-electron chi connectivity index (χ1n) is 20.7. The van der Waals surface area contributed by atoms with Gasteiger partial charge in [-0.1, -0.05) is 172 Å². The second-order valence-electron chi connectivity index (χ2n) is 15.5. The van der Waals surface area contributed by atoms with Crippen molar-refractivity contribution in [1.82, 2.24) is 0 Å². The maximum atomic E-state index is 4.93. The summed E-state index contributed by atoms with van der Waals surface area (Å²) in [7, 11) is 10.7. The Morgan fingerprint density at radius 1 is 0.569 bits per heavy atom. The molecule has 58 heavy (non-hydrogen) atoms. The van der Waals surface area contributed by atoms with Crippen molar-refractivity contribution in [3.8, 4) is 33.4 Å². The van der Waals surface area contributed by atoms with Gasteiger partial charge in [0.05, 0.1) is 9.52 Å². The molecule has 4 heteroatoms. The number of hydrogen-bond donors (Lipinski definition) is 0. The van der Waals surface area contributed by atoms with Gasteiger partial charge in [0, 0.05) is 0 Å². The van der Waals surface area contributed by atoms with Gasteiger partial charge in [-0.25, -0.2) is 0 Å².